The molecule has 0 fully saturated rings. The number of hydrogen-bond acceptors (Lipinski definition) is 2. The minimum atomic E-state index is -0.365. The van der Waals surface area contributed by atoms with Gasteiger partial charge in [-0.3, -0.25) is 4.79 Å². The van der Waals surface area contributed by atoms with Crippen molar-refractivity contribution in [2.24, 2.45) is 0 Å². The number of carbonyl (C=O) groups is 1. The van der Waals surface area contributed by atoms with Gasteiger partial charge in [-0.05, 0) is 39.7 Å². The molecule has 2 aromatic carbocycles. The van der Waals surface area contributed by atoms with Crippen molar-refractivity contribution in [1.82, 2.24) is 0 Å². The van der Waals surface area contributed by atoms with Gasteiger partial charge >= 0.3 is 0 Å². The van der Waals surface area contributed by atoms with Crippen LogP contribution >= 0.6 is 15.9 Å². The zero-order valence-electron chi connectivity index (χ0n) is 10.3. The number of halogens is 2. The van der Waals surface area contributed by atoms with Gasteiger partial charge in [-0.25, -0.2) is 4.39 Å². The average Bonchev–Trinajstić information content (AvgIpc) is 2.44. The Morgan fingerprint density at radius 3 is 2.74 bits per heavy atom. The third-order valence-corrected chi connectivity index (χ3v) is 3.66. The topological polar surface area (TPSA) is 26.3 Å². The smallest absolute Gasteiger partial charge is 0.167 e. The summed E-state index contributed by atoms with van der Waals surface area (Å²) in [6.07, 6.45) is 0.144. The lowest BCUT2D eigenvalue weighted by Crippen LogP contribution is -2.05. The van der Waals surface area contributed by atoms with Crippen molar-refractivity contribution in [2.75, 3.05) is 7.11 Å². The van der Waals surface area contributed by atoms with Crippen molar-refractivity contribution in [3.8, 4) is 5.75 Å². The van der Waals surface area contributed by atoms with Crippen molar-refractivity contribution in [3.63, 3.8) is 0 Å². The number of ketones is 1. The van der Waals surface area contributed by atoms with E-state index in [1.165, 1.54) is 6.07 Å². The third kappa shape index (κ3) is 3.20. The van der Waals surface area contributed by atoms with Crippen LogP contribution in [0.4, 0.5) is 4.39 Å². The second kappa shape index (κ2) is 5.97. The maximum absolute atomic E-state index is 13.4. The molecular formula is C15H12BrFO2. The van der Waals surface area contributed by atoms with E-state index in [9.17, 15) is 9.18 Å². The van der Waals surface area contributed by atoms with Crippen LogP contribution in [0.2, 0.25) is 0 Å². The van der Waals surface area contributed by atoms with Crippen LogP contribution in [0.3, 0.4) is 0 Å². The van der Waals surface area contributed by atoms with Gasteiger partial charge in [-0.15, -0.1) is 0 Å². The van der Waals surface area contributed by atoms with Crippen LogP contribution in [0, 0.1) is 5.82 Å². The summed E-state index contributed by atoms with van der Waals surface area (Å²) in [6, 6.07) is 11.6. The van der Waals surface area contributed by atoms with E-state index >= 15 is 0 Å². The van der Waals surface area contributed by atoms with Crippen LogP contribution in [0.15, 0.2) is 46.9 Å². The average molecular weight is 323 g/mol. The van der Waals surface area contributed by atoms with Gasteiger partial charge in [0.05, 0.1) is 11.6 Å². The van der Waals surface area contributed by atoms with Crippen molar-refractivity contribution >= 4 is 21.7 Å². The van der Waals surface area contributed by atoms with E-state index in [0.717, 1.165) is 0 Å². The lowest BCUT2D eigenvalue weighted by atomic mass is 10.0. The summed E-state index contributed by atoms with van der Waals surface area (Å²) in [5, 5.41) is 0. The fraction of sp³-hybridized carbons (Fsp3) is 0.133. The summed E-state index contributed by atoms with van der Waals surface area (Å²) in [6.45, 7) is 0. The maximum atomic E-state index is 13.4. The van der Waals surface area contributed by atoms with E-state index in [0.29, 0.717) is 21.3 Å². The van der Waals surface area contributed by atoms with Crippen molar-refractivity contribution in [2.45, 2.75) is 6.42 Å². The third-order valence-electron chi connectivity index (χ3n) is 2.77. The summed E-state index contributed by atoms with van der Waals surface area (Å²) in [5.74, 6) is 0.185. The van der Waals surface area contributed by atoms with Crippen LogP contribution in [-0.2, 0) is 6.42 Å². The maximum Gasteiger partial charge on any atom is 0.167 e. The van der Waals surface area contributed by atoms with E-state index in [1.54, 1.807) is 43.5 Å². The first-order chi connectivity index (χ1) is 9.11. The predicted octanol–water partition coefficient (Wildman–Crippen LogP) is 4.02. The standard InChI is InChI=1S/C15H12BrFO2/c1-19-12-6-2-4-10(8-12)14(18)9-11-5-3-7-13(17)15(11)16/h2-8H,9H2,1H3. The number of carbonyl (C=O) groups excluding carboxylic acids is 1. The fourth-order valence-electron chi connectivity index (χ4n) is 1.76. The molecule has 0 amide bonds. The van der Waals surface area contributed by atoms with Crippen molar-refractivity contribution in [3.05, 3.63) is 63.9 Å². The second-order valence-corrected chi connectivity index (χ2v) is 4.84. The molecule has 0 unspecified atom stereocenters. The molecule has 2 aromatic rings. The van der Waals surface area contributed by atoms with Gasteiger partial charge in [0.1, 0.15) is 11.6 Å². The molecule has 2 nitrogen and oxygen atoms in total. The number of rotatable bonds is 4. The van der Waals surface area contributed by atoms with Crippen molar-refractivity contribution < 1.29 is 13.9 Å². The zero-order chi connectivity index (χ0) is 13.8. The molecule has 0 aliphatic rings. The summed E-state index contributed by atoms with van der Waals surface area (Å²) >= 11 is 3.16. The molecule has 0 aromatic heterocycles. The van der Waals surface area contributed by atoms with Crippen LogP contribution < -0.4 is 4.74 Å². The SMILES string of the molecule is COc1cccc(C(=O)Cc2cccc(F)c2Br)c1. The molecule has 0 aliphatic heterocycles. The normalized spacial score (nSPS) is 10.3. The summed E-state index contributed by atoms with van der Waals surface area (Å²) in [4.78, 5) is 12.1. The van der Waals surface area contributed by atoms with Gasteiger partial charge in [0, 0.05) is 12.0 Å². The highest BCUT2D eigenvalue weighted by Crippen LogP contribution is 2.22. The van der Waals surface area contributed by atoms with Crippen LogP contribution in [0.5, 0.6) is 5.75 Å². The number of hydrogen-bond donors (Lipinski definition) is 0. The molecule has 0 atom stereocenters. The lowest BCUT2D eigenvalue weighted by Gasteiger charge is -2.06. The van der Waals surface area contributed by atoms with E-state index in [-0.39, 0.29) is 18.0 Å². The molecule has 0 saturated heterocycles. The lowest BCUT2D eigenvalue weighted by molar-refractivity contribution is 0.0992. The summed E-state index contributed by atoms with van der Waals surface area (Å²) in [5.41, 5.74) is 1.18. The Hall–Kier alpha value is -1.68. The number of Topliss-reactive ketones (excluding diaryl/α,β-unsaturated/α-hetero) is 1. The summed E-state index contributed by atoms with van der Waals surface area (Å²) in [7, 11) is 1.55. The molecule has 98 valence electrons. The monoisotopic (exact) mass is 322 g/mol. The molecule has 2 rings (SSSR count). The molecule has 0 bridgehead atoms. The van der Waals surface area contributed by atoms with Crippen molar-refractivity contribution in [1.29, 1.82) is 0 Å². The van der Waals surface area contributed by atoms with E-state index in [1.807, 2.05) is 0 Å². The first-order valence-electron chi connectivity index (χ1n) is 5.72. The first-order valence-corrected chi connectivity index (χ1v) is 6.51. The second-order valence-electron chi connectivity index (χ2n) is 4.04. The Morgan fingerprint density at radius 1 is 1.26 bits per heavy atom. The molecule has 0 radical (unpaired) electrons. The van der Waals surface area contributed by atoms with Gasteiger partial charge in [-0.1, -0.05) is 24.3 Å². The Kier molecular flexibility index (Phi) is 4.32. The highest BCUT2D eigenvalue weighted by molar-refractivity contribution is 9.10. The van der Waals surface area contributed by atoms with Gasteiger partial charge < -0.3 is 4.74 Å². The highest BCUT2D eigenvalue weighted by atomic mass is 79.9. The molecule has 0 saturated carbocycles. The number of ether oxygens (including phenoxy) is 1. The van der Waals surface area contributed by atoms with Crippen LogP contribution in [-0.4, -0.2) is 12.9 Å². The van der Waals surface area contributed by atoms with E-state index in [2.05, 4.69) is 15.9 Å². The first kappa shape index (κ1) is 13.7. The van der Waals surface area contributed by atoms with E-state index in [4.69, 9.17) is 4.74 Å². The Balaban J connectivity index is 2.23. The van der Waals surface area contributed by atoms with Crippen LogP contribution in [0.25, 0.3) is 0 Å². The molecule has 0 heterocycles. The number of methoxy groups -OCH3 is 1. The number of benzene rings is 2. The molecular weight excluding hydrogens is 311 g/mol. The predicted molar refractivity (Wildman–Crippen MR) is 75.1 cm³/mol. The minimum Gasteiger partial charge on any atom is -0.497 e. The molecule has 4 heteroatoms. The van der Waals surface area contributed by atoms with Gasteiger partial charge in [-0.2, -0.15) is 0 Å². The summed E-state index contributed by atoms with van der Waals surface area (Å²) < 4.78 is 18.8. The Bertz CT molecular complexity index is 611. The molecule has 0 spiro atoms. The minimum absolute atomic E-state index is 0.0785. The quantitative estimate of drug-likeness (QED) is 0.795. The Morgan fingerprint density at radius 2 is 2.00 bits per heavy atom. The van der Waals surface area contributed by atoms with E-state index < -0.39 is 0 Å². The largest absolute Gasteiger partial charge is 0.497 e. The highest BCUT2D eigenvalue weighted by Gasteiger charge is 2.12. The van der Waals surface area contributed by atoms with Crippen LogP contribution in [0.1, 0.15) is 15.9 Å². The molecule has 19 heavy (non-hydrogen) atoms. The van der Waals surface area contributed by atoms with Gasteiger partial charge in [0.2, 0.25) is 0 Å². The van der Waals surface area contributed by atoms with Gasteiger partial charge in [0.15, 0.2) is 5.78 Å². The fourth-order valence-corrected chi connectivity index (χ4v) is 2.16. The Labute approximate surface area is 119 Å². The molecule has 0 aliphatic carbocycles. The molecule has 0 N–H and O–H groups in total. The van der Waals surface area contributed by atoms with Gasteiger partial charge in [0.25, 0.3) is 0 Å². The zero-order valence-corrected chi connectivity index (χ0v) is 11.9.